The van der Waals surface area contributed by atoms with E-state index < -0.39 is 11.9 Å². The van der Waals surface area contributed by atoms with Gasteiger partial charge in [0.25, 0.3) is 0 Å². The zero-order valence-electron chi connectivity index (χ0n) is 8.48. The molecule has 0 radical (unpaired) electrons. The van der Waals surface area contributed by atoms with E-state index in [0.717, 1.165) is 19.3 Å². The van der Waals surface area contributed by atoms with Crippen LogP contribution in [0.25, 0.3) is 0 Å². The van der Waals surface area contributed by atoms with Gasteiger partial charge in [-0.05, 0) is 19.3 Å². The second kappa shape index (κ2) is 4.04. The molecule has 0 aliphatic heterocycles. The number of carbonyl (C=O) groups is 2. The smallest absolute Gasteiger partial charge is 0.310 e. The first kappa shape index (κ1) is 10.2. The summed E-state index contributed by atoms with van der Waals surface area (Å²) in [5, 5.41) is 11.6. The molecule has 4 nitrogen and oxygen atoms in total. The number of carboxylic acids is 1. The van der Waals surface area contributed by atoms with Crippen LogP contribution in [0.2, 0.25) is 0 Å². The van der Waals surface area contributed by atoms with Crippen molar-refractivity contribution in [2.45, 2.75) is 31.7 Å². The molecule has 2 unspecified atom stereocenters. The number of hydrogen-bond donors (Lipinski definition) is 2. The number of hydrogen-bond acceptors (Lipinski definition) is 2. The highest BCUT2D eigenvalue weighted by Crippen LogP contribution is 2.27. The van der Waals surface area contributed by atoms with E-state index in [9.17, 15) is 9.59 Å². The zero-order chi connectivity index (χ0) is 10.8. The molecule has 0 spiro atoms. The largest absolute Gasteiger partial charge is 0.481 e. The molecule has 0 bridgehead atoms. The fourth-order valence-electron chi connectivity index (χ4n) is 1.96. The Morgan fingerprint density at radius 1 is 1.27 bits per heavy atom. The molecular formula is C11H15NO3. The number of nitrogens with one attached hydrogen (secondary N) is 1. The van der Waals surface area contributed by atoms with Crippen molar-refractivity contribution in [2.75, 3.05) is 0 Å². The standard InChI is InChI=1S/C11H15NO3/c13-10(7-2-1-3-7)12-9-5-4-8(6-9)11(14)15/h4-5,7-9H,1-3,6H2,(H,12,13)(H,14,15). The molecule has 0 aromatic heterocycles. The maximum atomic E-state index is 11.6. The lowest BCUT2D eigenvalue weighted by Gasteiger charge is -2.25. The molecule has 2 rings (SSSR count). The van der Waals surface area contributed by atoms with Crippen LogP contribution in [-0.2, 0) is 9.59 Å². The Bertz CT molecular complexity index is 307. The maximum absolute atomic E-state index is 11.6. The Morgan fingerprint density at radius 3 is 2.47 bits per heavy atom. The van der Waals surface area contributed by atoms with Gasteiger partial charge in [0, 0.05) is 12.0 Å². The summed E-state index contributed by atoms with van der Waals surface area (Å²) in [5.41, 5.74) is 0. The van der Waals surface area contributed by atoms with Crippen molar-refractivity contribution in [1.29, 1.82) is 0 Å². The summed E-state index contributed by atoms with van der Waals surface area (Å²) >= 11 is 0. The van der Waals surface area contributed by atoms with E-state index in [0.29, 0.717) is 6.42 Å². The Kier molecular flexibility index (Phi) is 2.75. The predicted octanol–water partition coefficient (Wildman–Crippen LogP) is 0.932. The Labute approximate surface area is 88.4 Å². The van der Waals surface area contributed by atoms with E-state index in [1.54, 1.807) is 12.2 Å². The van der Waals surface area contributed by atoms with Crippen LogP contribution >= 0.6 is 0 Å². The minimum absolute atomic E-state index is 0.0841. The minimum Gasteiger partial charge on any atom is -0.481 e. The highest BCUT2D eigenvalue weighted by molar-refractivity contribution is 5.80. The van der Waals surface area contributed by atoms with Gasteiger partial charge in [-0.25, -0.2) is 0 Å². The normalized spacial score (nSPS) is 29.9. The molecule has 82 valence electrons. The number of carboxylic acid groups (broad SMARTS) is 1. The van der Waals surface area contributed by atoms with Crippen molar-refractivity contribution < 1.29 is 14.7 Å². The van der Waals surface area contributed by atoms with Gasteiger partial charge in [-0.1, -0.05) is 18.6 Å². The molecular weight excluding hydrogens is 194 g/mol. The Hall–Kier alpha value is -1.32. The van der Waals surface area contributed by atoms with Gasteiger partial charge in [0.05, 0.1) is 5.92 Å². The summed E-state index contributed by atoms with van der Waals surface area (Å²) in [6.07, 6.45) is 7.03. The van der Waals surface area contributed by atoms with Gasteiger partial charge in [-0.15, -0.1) is 0 Å². The van der Waals surface area contributed by atoms with Gasteiger partial charge in [-0.2, -0.15) is 0 Å². The molecule has 0 saturated heterocycles. The summed E-state index contributed by atoms with van der Waals surface area (Å²) in [5.74, 6) is -0.993. The van der Waals surface area contributed by atoms with Crippen LogP contribution in [0.5, 0.6) is 0 Å². The van der Waals surface area contributed by atoms with Crippen LogP contribution in [0.15, 0.2) is 12.2 Å². The lowest BCUT2D eigenvalue weighted by atomic mass is 9.84. The summed E-state index contributed by atoms with van der Waals surface area (Å²) in [4.78, 5) is 22.2. The average molecular weight is 209 g/mol. The van der Waals surface area contributed by atoms with E-state index >= 15 is 0 Å². The zero-order valence-corrected chi connectivity index (χ0v) is 8.48. The third kappa shape index (κ3) is 2.19. The van der Waals surface area contributed by atoms with Crippen LogP contribution in [-0.4, -0.2) is 23.0 Å². The van der Waals surface area contributed by atoms with Crippen LogP contribution in [0.3, 0.4) is 0 Å². The minimum atomic E-state index is -0.813. The molecule has 0 aromatic rings. The van der Waals surface area contributed by atoms with Gasteiger partial charge in [0.15, 0.2) is 0 Å². The number of rotatable bonds is 3. The second-order valence-corrected chi connectivity index (χ2v) is 4.31. The molecule has 1 amide bonds. The summed E-state index contributed by atoms with van der Waals surface area (Å²) < 4.78 is 0. The van der Waals surface area contributed by atoms with E-state index in [-0.39, 0.29) is 17.9 Å². The van der Waals surface area contributed by atoms with Gasteiger partial charge < -0.3 is 10.4 Å². The third-order valence-electron chi connectivity index (χ3n) is 3.20. The average Bonchev–Trinajstić information content (AvgIpc) is 2.48. The molecule has 15 heavy (non-hydrogen) atoms. The van der Waals surface area contributed by atoms with Crippen molar-refractivity contribution in [3.8, 4) is 0 Å². The molecule has 2 aliphatic rings. The van der Waals surface area contributed by atoms with Crippen molar-refractivity contribution >= 4 is 11.9 Å². The number of amides is 1. The summed E-state index contributed by atoms with van der Waals surface area (Å²) in [7, 11) is 0. The molecule has 0 heterocycles. The maximum Gasteiger partial charge on any atom is 0.310 e. The third-order valence-corrected chi connectivity index (χ3v) is 3.20. The monoisotopic (exact) mass is 209 g/mol. The topological polar surface area (TPSA) is 66.4 Å². The lowest BCUT2D eigenvalue weighted by molar-refractivity contribution is -0.140. The van der Waals surface area contributed by atoms with E-state index in [1.807, 2.05) is 0 Å². The predicted molar refractivity (Wildman–Crippen MR) is 54.2 cm³/mol. The van der Waals surface area contributed by atoms with Crippen molar-refractivity contribution in [3.05, 3.63) is 12.2 Å². The quantitative estimate of drug-likeness (QED) is 0.679. The van der Waals surface area contributed by atoms with Crippen LogP contribution in [0.1, 0.15) is 25.7 Å². The van der Waals surface area contributed by atoms with Gasteiger partial charge >= 0.3 is 5.97 Å². The van der Waals surface area contributed by atoms with E-state index in [4.69, 9.17) is 5.11 Å². The van der Waals surface area contributed by atoms with Crippen molar-refractivity contribution in [2.24, 2.45) is 11.8 Å². The summed E-state index contributed by atoms with van der Waals surface area (Å²) in [6, 6.07) is -0.0841. The fourth-order valence-corrected chi connectivity index (χ4v) is 1.96. The number of carbonyl (C=O) groups excluding carboxylic acids is 1. The highest BCUT2D eigenvalue weighted by Gasteiger charge is 2.29. The van der Waals surface area contributed by atoms with E-state index in [2.05, 4.69) is 5.32 Å². The SMILES string of the molecule is O=C(O)C1C=CC(NC(=O)C2CCC2)C1. The van der Waals surface area contributed by atoms with Gasteiger partial charge in [0.2, 0.25) is 5.91 Å². The summed E-state index contributed by atoms with van der Waals surface area (Å²) in [6.45, 7) is 0. The Morgan fingerprint density at radius 2 is 2.00 bits per heavy atom. The molecule has 1 saturated carbocycles. The highest BCUT2D eigenvalue weighted by atomic mass is 16.4. The van der Waals surface area contributed by atoms with Crippen LogP contribution in [0.4, 0.5) is 0 Å². The van der Waals surface area contributed by atoms with Gasteiger partial charge in [-0.3, -0.25) is 9.59 Å². The molecule has 0 aromatic carbocycles. The van der Waals surface area contributed by atoms with Crippen LogP contribution < -0.4 is 5.32 Å². The van der Waals surface area contributed by atoms with Gasteiger partial charge in [0.1, 0.15) is 0 Å². The molecule has 2 N–H and O–H groups in total. The van der Waals surface area contributed by atoms with Crippen molar-refractivity contribution in [1.82, 2.24) is 5.32 Å². The second-order valence-electron chi connectivity index (χ2n) is 4.31. The number of aliphatic carboxylic acids is 1. The molecule has 2 aliphatic carbocycles. The Balaban J connectivity index is 1.79. The molecule has 1 fully saturated rings. The van der Waals surface area contributed by atoms with E-state index in [1.165, 1.54) is 0 Å². The first-order valence-corrected chi connectivity index (χ1v) is 5.38. The lowest BCUT2D eigenvalue weighted by Crippen LogP contribution is -2.40. The first-order valence-electron chi connectivity index (χ1n) is 5.38. The first-order chi connectivity index (χ1) is 7.16. The van der Waals surface area contributed by atoms with Crippen molar-refractivity contribution in [3.63, 3.8) is 0 Å². The fraction of sp³-hybridized carbons (Fsp3) is 0.636. The molecule has 2 atom stereocenters. The van der Waals surface area contributed by atoms with Crippen LogP contribution in [0, 0.1) is 11.8 Å². The molecule has 4 heteroatoms.